The van der Waals surface area contributed by atoms with E-state index in [-0.39, 0.29) is 24.0 Å². The predicted molar refractivity (Wildman–Crippen MR) is 126 cm³/mol. The van der Waals surface area contributed by atoms with Crippen LogP contribution in [0.4, 0.5) is 5.69 Å². The van der Waals surface area contributed by atoms with Gasteiger partial charge in [0.2, 0.25) is 5.82 Å². The first-order chi connectivity index (χ1) is 14.2. The second kappa shape index (κ2) is 10.5. The van der Waals surface area contributed by atoms with E-state index in [9.17, 15) is 0 Å². The van der Waals surface area contributed by atoms with E-state index in [4.69, 9.17) is 4.42 Å². The van der Waals surface area contributed by atoms with Gasteiger partial charge in [-0.3, -0.25) is 9.78 Å². The number of hydrogen-bond acceptors (Lipinski definition) is 6. The van der Waals surface area contributed by atoms with Crippen molar-refractivity contribution in [3.8, 4) is 11.6 Å². The van der Waals surface area contributed by atoms with Crippen LogP contribution in [0.2, 0.25) is 0 Å². The maximum atomic E-state index is 5.33. The molecule has 3 aromatic rings. The molecule has 30 heavy (non-hydrogen) atoms. The van der Waals surface area contributed by atoms with Gasteiger partial charge in [0.05, 0.1) is 18.1 Å². The van der Waals surface area contributed by atoms with Gasteiger partial charge in [-0.2, -0.15) is 5.10 Å². The number of nitrogens with one attached hydrogen (secondary N) is 3. The van der Waals surface area contributed by atoms with Gasteiger partial charge in [0.25, 0.3) is 0 Å². The van der Waals surface area contributed by atoms with E-state index in [0.29, 0.717) is 30.0 Å². The van der Waals surface area contributed by atoms with Crippen molar-refractivity contribution in [2.45, 2.75) is 32.4 Å². The summed E-state index contributed by atoms with van der Waals surface area (Å²) in [4.78, 5) is 11.5. The fourth-order valence-electron chi connectivity index (χ4n) is 3.45. The van der Waals surface area contributed by atoms with E-state index in [1.165, 1.54) is 0 Å². The number of aromatic nitrogens is 5. The molecule has 0 amide bonds. The van der Waals surface area contributed by atoms with E-state index in [1.54, 1.807) is 6.26 Å². The van der Waals surface area contributed by atoms with E-state index >= 15 is 0 Å². The minimum absolute atomic E-state index is 0. The van der Waals surface area contributed by atoms with Crippen molar-refractivity contribution in [2.24, 2.45) is 12.0 Å². The van der Waals surface area contributed by atoms with Crippen molar-refractivity contribution in [3.05, 3.63) is 36.6 Å². The smallest absolute Gasteiger partial charge is 0.216 e. The van der Waals surface area contributed by atoms with Gasteiger partial charge in [-0.1, -0.05) is 0 Å². The summed E-state index contributed by atoms with van der Waals surface area (Å²) in [7, 11) is 1.94. The molecule has 1 atom stereocenters. The lowest BCUT2D eigenvalue weighted by Gasteiger charge is -2.34. The van der Waals surface area contributed by atoms with Crippen LogP contribution >= 0.6 is 24.0 Å². The summed E-state index contributed by atoms with van der Waals surface area (Å²) < 4.78 is 7.17. The molecular formula is C19H28IN9O. The van der Waals surface area contributed by atoms with Crippen molar-refractivity contribution in [3.63, 3.8) is 0 Å². The number of aromatic amines is 1. The molecule has 4 heterocycles. The molecule has 10 nitrogen and oxygen atoms in total. The molecule has 1 aliphatic rings. The van der Waals surface area contributed by atoms with Crippen LogP contribution in [-0.4, -0.2) is 56.6 Å². The lowest BCUT2D eigenvalue weighted by atomic mass is 10.1. The van der Waals surface area contributed by atoms with Crippen LogP contribution in [0.1, 0.15) is 25.6 Å². The summed E-state index contributed by atoms with van der Waals surface area (Å²) in [6.07, 6.45) is 7.81. The minimum Gasteiger partial charge on any atom is -0.461 e. The lowest BCUT2D eigenvalue weighted by molar-refractivity contribution is 0.468. The second-order valence-electron chi connectivity index (χ2n) is 7.08. The Morgan fingerprint density at radius 2 is 2.33 bits per heavy atom. The topological polar surface area (TPSA) is 112 Å². The van der Waals surface area contributed by atoms with Crippen LogP contribution < -0.4 is 15.5 Å². The number of aliphatic imine (C=N–C) groups is 1. The van der Waals surface area contributed by atoms with Gasteiger partial charge in [0.1, 0.15) is 12.4 Å². The van der Waals surface area contributed by atoms with Crippen LogP contribution in [0.15, 0.2) is 40.2 Å². The highest BCUT2D eigenvalue weighted by Gasteiger charge is 2.21. The summed E-state index contributed by atoms with van der Waals surface area (Å²) in [6.45, 7) is 5.22. The van der Waals surface area contributed by atoms with Gasteiger partial charge in [-0.15, -0.1) is 29.1 Å². The number of piperidine rings is 1. The molecule has 1 saturated heterocycles. The molecule has 0 radical (unpaired) electrons. The summed E-state index contributed by atoms with van der Waals surface area (Å²) >= 11 is 0. The molecule has 1 unspecified atom stereocenters. The van der Waals surface area contributed by atoms with E-state index in [0.717, 1.165) is 44.1 Å². The SMILES string of the molecule is CCNC(=NCc1nc(-c2ccco2)n[nH]1)NC1CCCN(c2cnn(C)c2)C1.I. The molecule has 0 aliphatic carbocycles. The second-order valence-corrected chi connectivity index (χ2v) is 7.08. The normalized spacial score (nSPS) is 16.9. The number of H-pyrrole nitrogens is 1. The molecule has 11 heteroatoms. The maximum absolute atomic E-state index is 5.33. The van der Waals surface area contributed by atoms with E-state index < -0.39 is 0 Å². The third-order valence-corrected chi connectivity index (χ3v) is 4.82. The summed E-state index contributed by atoms with van der Waals surface area (Å²) in [5, 5.41) is 18.3. The van der Waals surface area contributed by atoms with Crippen LogP contribution in [0.5, 0.6) is 0 Å². The number of aryl methyl sites for hydroxylation is 1. The zero-order valence-electron chi connectivity index (χ0n) is 17.2. The number of hydrogen-bond donors (Lipinski definition) is 3. The van der Waals surface area contributed by atoms with Crippen molar-refractivity contribution in [1.29, 1.82) is 0 Å². The monoisotopic (exact) mass is 525 g/mol. The fourth-order valence-corrected chi connectivity index (χ4v) is 3.45. The van der Waals surface area contributed by atoms with Crippen LogP contribution in [0.3, 0.4) is 0 Å². The molecule has 0 aromatic carbocycles. The Labute approximate surface area is 192 Å². The zero-order valence-corrected chi connectivity index (χ0v) is 19.5. The van der Waals surface area contributed by atoms with Gasteiger partial charge in [-0.05, 0) is 31.9 Å². The van der Waals surface area contributed by atoms with Crippen molar-refractivity contribution >= 4 is 35.6 Å². The molecule has 0 spiro atoms. The maximum Gasteiger partial charge on any atom is 0.216 e. The average Bonchev–Trinajstić information content (AvgIpc) is 3.48. The molecule has 0 bridgehead atoms. The Kier molecular flexibility index (Phi) is 7.71. The minimum atomic E-state index is 0. The molecular weight excluding hydrogens is 497 g/mol. The highest BCUT2D eigenvalue weighted by atomic mass is 127. The van der Waals surface area contributed by atoms with Crippen LogP contribution in [-0.2, 0) is 13.6 Å². The number of anilines is 1. The summed E-state index contributed by atoms with van der Waals surface area (Å²) in [6, 6.07) is 3.96. The molecule has 1 aliphatic heterocycles. The first kappa shape index (κ1) is 22.1. The number of guanidine groups is 1. The van der Waals surface area contributed by atoms with Crippen molar-refractivity contribution in [1.82, 2.24) is 35.6 Å². The first-order valence-electron chi connectivity index (χ1n) is 9.95. The molecule has 162 valence electrons. The van der Waals surface area contributed by atoms with Gasteiger partial charge in [0.15, 0.2) is 11.7 Å². The van der Waals surface area contributed by atoms with Crippen molar-refractivity contribution in [2.75, 3.05) is 24.5 Å². The highest BCUT2D eigenvalue weighted by molar-refractivity contribution is 14.0. The Morgan fingerprint density at radius 3 is 3.07 bits per heavy atom. The van der Waals surface area contributed by atoms with Gasteiger partial charge in [0, 0.05) is 38.9 Å². The van der Waals surface area contributed by atoms with E-state index in [2.05, 4.69) is 53.9 Å². The summed E-state index contributed by atoms with van der Waals surface area (Å²) in [5.41, 5.74) is 1.16. The number of rotatable bonds is 6. The van der Waals surface area contributed by atoms with Gasteiger partial charge in [-0.25, -0.2) is 9.98 Å². The predicted octanol–water partition coefficient (Wildman–Crippen LogP) is 2.14. The Hall–Kier alpha value is -2.57. The zero-order chi connectivity index (χ0) is 20.1. The molecule has 1 fully saturated rings. The lowest BCUT2D eigenvalue weighted by Crippen LogP contribution is -2.51. The van der Waals surface area contributed by atoms with Gasteiger partial charge < -0.3 is 20.0 Å². The Balaban J connectivity index is 0.00000256. The average molecular weight is 525 g/mol. The van der Waals surface area contributed by atoms with Crippen LogP contribution in [0, 0.1) is 0 Å². The number of halogens is 1. The quantitative estimate of drug-likeness (QED) is 0.257. The largest absolute Gasteiger partial charge is 0.461 e. The molecule has 0 saturated carbocycles. The fraction of sp³-hybridized carbons (Fsp3) is 0.474. The molecule has 4 rings (SSSR count). The van der Waals surface area contributed by atoms with Crippen LogP contribution in [0.25, 0.3) is 11.6 Å². The van der Waals surface area contributed by atoms with Crippen molar-refractivity contribution < 1.29 is 4.42 Å². The Bertz CT molecular complexity index is 934. The standard InChI is InChI=1S/C19H27N9O.HI/c1-3-20-19(21-11-17-24-18(26-25-17)16-7-5-9-29-16)23-14-6-4-8-28(12-14)15-10-22-27(2)13-15;/h5,7,9-10,13-14H,3-4,6,8,11-12H2,1-2H3,(H2,20,21,23)(H,24,25,26);1H. The third-order valence-electron chi connectivity index (χ3n) is 4.82. The highest BCUT2D eigenvalue weighted by Crippen LogP contribution is 2.19. The third kappa shape index (κ3) is 5.52. The summed E-state index contributed by atoms with van der Waals surface area (Å²) in [5.74, 6) is 2.65. The molecule has 3 aromatic heterocycles. The van der Waals surface area contributed by atoms with Gasteiger partial charge >= 0.3 is 0 Å². The number of furan rings is 1. The van der Waals surface area contributed by atoms with E-state index in [1.807, 2.05) is 30.1 Å². The first-order valence-corrected chi connectivity index (χ1v) is 9.95. The number of nitrogens with zero attached hydrogens (tertiary/aromatic N) is 6. The Morgan fingerprint density at radius 1 is 1.43 bits per heavy atom. The molecule has 3 N–H and O–H groups in total.